The third-order valence-electron chi connectivity index (χ3n) is 2.76. The lowest BCUT2D eigenvalue weighted by molar-refractivity contribution is -0.131. The smallest absolute Gasteiger partial charge is 0.325 e. The summed E-state index contributed by atoms with van der Waals surface area (Å²) >= 11 is 0. The Morgan fingerprint density at radius 3 is 2.62 bits per heavy atom. The third kappa shape index (κ3) is 2.52. The summed E-state index contributed by atoms with van der Waals surface area (Å²) in [6, 6.07) is -0.305. The van der Waals surface area contributed by atoms with Crippen molar-refractivity contribution in [2.75, 3.05) is 19.8 Å². The van der Waals surface area contributed by atoms with Crippen LogP contribution in [0.4, 0.5) is 4.79 Å². The third-order valence-corrected chi connectivity index (χ3v) is 2.76. The minimum Gasteiger partial charge on any atom is -0.380 e. The van der Waals surface area contributed by atoms with Gasteiger partial charge in [0.05, 0.1) is 13.2 Å². The maximum atomic E-state index is 12.0. The molecule has 1 aliphatic heterocycles. The van der Waals surface area contributed by atoms with Gasteiger partial charge in [-0.2, -0.15) is 0 Å². The maximum Gasteiger partial charge on any atom is 0.325 e. The molecule has 1 fully saturated rings. The van der Waals surface area contributed by atoms with Crippen molar-refractivity contribution in [3.05, 3.63) is 0 Å². The van der Waals surface area contributed by atoms with Gasteiger partial charge in [-0.3, -0.25) is 9.69 Å². The summed E-state index contributed by atoms with van der Waals surface area (Å²) in [5, 5.41) is 2.74. The van der Waals surface area contributed by atoms with Crippen LogP contribution >= 0.6 is 0 Å². The molecule has 92 valence electrons. The molecular weight excluding hydrogens is 208 g/mol. The van der Waals surface area contributed by atoms with Crippen LogP contribution in [0, 0.1) is 0 Å². The summed E-state index contributed by atoms with van der Waals surface area (Å²) in [5.74, 6) is -0.140. The van der Waals surface area contributed by atoms with Gasteiger partial charge < -0.3 is 10.1 Å². The highest BCUT2D eigenvalue weighted by Gasteiger charge is 2.46. The fraction of sp³-hybridized carbons (Fsp3) is 0.818. The molecule has 16 heavy (non-hydrogen) atoms. The number of carbonyl (C=O) groups excluding carboxylic acids is 2. The number of carbonyl (C=O) groups is 2. The molecule has 0 bridgehead atoms. The predicted molar refractivity (Wildman–Crippen MR) is 60.1 cm³/mol. The van der Waals surface area contributed by atoms with Gasteiger partial charge in [0.1, 0.15) is 5.54 Å². The van der Waals surface area contributed by atoms with E-state index in [0.29, 0.717) is 26.2 Å². The van der Waals surface area contributed by atoms with E-state index in [4.69, 9.17) is 4.74 Å². The number of nitrogens with one attached hydrogen (secondary N) is 1. The molecule has 0 aromatic heterocycles. The van der Waals surface area contributed by atoms with Crippen LogP contribution in [-0.4, -0.2) is 42.1 Å². The predicted octanol–water partition coefficient (Wildman–Crippen LogP) is 1.13. The van der Waals surface area contributed by atoms with Gasteiger partial charge in [0, 0.05) is 6.61 Å². The number of imide groups is 1. The van der Waals surface area contributed by atoms with Crippen molar-refractivity contribution in [2.45, 2.75) is 39.2 Å². The second-order valence-corrected chi connectivity index (χ2v) is 4.17. The lowest BCUT2D eigenvalue weighted by Crippen LogP contribution is -2.43. The zero-order valence-electron chi connectivity index (χ0n) is 10.2. The number of amides is 3. The van der Waals surface area contributed by atoms with E-state index in [0.717, 1.165) is 6.42 Å². The number of hydrogen-bond donors (Lipinski definition) is 1. The molecule has 0 aromatic carbocycles. The molecular formula is C11H20N2O3. The Labute approximate surface area is 96.1 Å². The van der Waals surface area contributed by atoms with Gasteiger partial charge in [0.2, 0.25) is 0 Å². The molecule has 5 heteroatoms. The van der Waals surface area contributed by atoms with Crippen LogP contribution in [0.5, 0.6) is 0 Å². The highest BCUT2D eigenvalue weighted by Crippen LogP contribution is 2.22. The Balaban J connectivity index is 2.60. The maximum absolute atomic E-state index is 12.0. The van der Waals surface area contributed by atoms with E-state index in [1.54, 1.807) is 6.92 Å². The molecule has 1 aliphatic rings. The van der Waals surface area contributed by atoms with Crippen molar-refractivity contribution in [1.29, 1.82) is 0 Å². The summed E-state index contributed by atoms with van der Waals surface area (Å²) in [4.78, 5) is 24.9. The molecule has 1 N–H and O–H groups in total. The van der Waals surface area contributed by atoms with Crippen molar-refractivity contribution < 1.29 is 14.3 Å². The van der Waals surface area contributed by atoms with Crippen molar-refractivity contribution in [3.8, 4) is 0 Å². The van der Waals surface area contributed by atoms with E-state index in [-0.39, 0.29) is 11.9 Å². The number of rotatable bonds is 6. The molecule has 1 heterocycles. The fourth-order valence-electron chi connectivity index (χ4n) is 1.92. The largest absolute Gasteiger partial charge is 0.380 e. The summed E-state index contributed by atoms with van der Waals surface area (Å²) in [5.41, 5.74) is -0.724. The summed E-state index contributed by atoms with van der Waals surface area (Å²) < 4.78 is 5.15. The van der Waals surface area contributed by atoms with Crippen molar-refractivity contribution in [2.24, 2.45) is 0 Å². The highest BCUT2D eigenvalue weighted by atomic mass is 16.5. The van der Waals surface area contributed by atoms with Crippen LogP contribution in [0.3, 0.4) is 0 Å². The SMILES string of the molecule is CCC[C@@]1(C)NC(=O)N(CCOCC)C1=O. The molecule has 0 spiro atoms. The van der Waals surface area contributed by atoms with Crippen LogP contribution in [0.2, 0.25) is 0 Å². The molecule has 0 radical (unpaired) electrons. The second kappa shape index (κ2) is 5.30. The monoisotopic (exact) mass is 228 g/mol. The lowest BCUT2D eigenvalue weighted by Gasteiger charge is -2.20. The Hall–Kier alpha value is -1.10. The first-order valence-corrected chi connectivity index (χ1v) is 5.77. The van der Waals surface area contributed by atoms with Gasteiger partial charge in [0.25, 0.3) is 5.91 Å². The lowest BCUT2D eigenvalue weighted by atomic mass is 9.96. The molecule has 0 aliphatic carbocycles. The average molecular weight is 228 g/mol. The molecule has 0 saturated carbocycles. The normalized spacial score (nSPS) is 25.1. The summed E-state index contributed by atoms with van der Waals surface area (Å²) in [6.45, 7) is 6.98. The van der Waals surface area contributed by atoms with Crippen LogP contribution in [0.15, 0.2) is 0 Å². The fourth-order valence-corrected chi connectivity index (χ4v) is 1.92. The van der Waals surface area contributed by atoms with Crippen LogP contribution < -0.4 is 5.32 Å². The summed E-state index contributed by atoms with van der Waals surface area (Å²) in [6.07, 6.45) is 1.53. The van der Waals surface area contributed by atoms with Gasteiger partial charge in [-0.1, -0.05) is 13.3 Å². The van der Waals surface area contributed by atoms with E-state index in [1.807, 2.05) is 13.8 Å². The molecule has 1 rings (SSSR count). The quantitative estimate of drug-likeness (QED) is 0.547. The van der Waals surface area contributed by atoms with Gasteiger partial charge in [-0.05, 0) is 20.3 Å². The first-order valence-electron chi connectivity index (χ1n) is 5.77. The van der Waals surface area contributed by atoms with E-state index in [2.05, 4.69) is 5.32 Å². The Bertz CT molecular complexity index is 280. The Kier molecular flexibility index (Phi) is 4.29. The van der Waals surface area contributed by atoms with Crippen LogP contribution in [-0.2, 0) is 9.53 Å². The topological polar surface area (TPSA) is 58.6 Å². The molecule has 5 nitrogen and oxygen atoms in total. The second-order valence-electron chi connectivity index (χ2n) is 4.17. The number of ether oxygens (including phenoxy) is 1. The Morgan fingerprint density at radius 1 is 1.38 bits per heavy atom. The minimum absolute atomic E-state index is 0.140. The van der Waals surface area contributed by atoms with Gasteiger partial charge in [0.15, 0.2) is 0 Å². The zero-order valence-corrected chi connectivity index (χ0v) is 10.2. The Morgan fingerprint density at radius 2 is 2.06 bits per heavy atom. The average Bonchev–Trinajstić information content (AvgIpc) is 2.42. The first-order chi connectivity index (χ1) is 7.55. The molecule has 1 atom stereocenters. The van der Waals surface area contributed by atoms with Gasteiger partial charge >= 0.3 is 6.03 Å². The number of nitrogens with zero attached hydrogens (tertiary/aromatic N) is 1. The van der Waals surface area contributed by atoms with Gasteiger partial charge in [-0.15, -0.1) is 0 Å². The van der Waals surface area contributed by atoms with E-state index in [9.17, 15) is 9.59 Å². The standard InChI is InChI=1S/C11H20N2O3/c1-4-6-11(3)9(14)13(10(15)12-11)7-8-16-5-2/h4-8H2,1-3H3,(H,12,15)/t11-/m1/s1. The molecule has 3 amide bonds. The number of urea groups is 1. The van der Waals surface area contributed by atoms with Crippen LogP contribution in [0.25, 0.3) is 0 Å². The van der Waals surface area contributed by atoms with Crippen molar-refractivity contribution in [3.63, 3.8) is 0 Å². The zero-order chi connectivity index (χ0) is 12.2. The van der Waals surface area contributed by atoms with Crippen molar-refractivity contribution in [1.82, 2.24) is 10.2 Å². The van der Waals surface area contributed by atoms with Crippen LogP contribution in [0.1, 0.15) is 33.6 Å². The van der Waals surface area contributed by atoms with E-state index >= 15 is 0 Å². The minimum atomic E-state index is -0.724. The number of hydrogen-bond acceptors (Lipinski definition) is 3. The first kappa shape index (κ1) is 13.0. The van der Waals surface area contributed by atoms with E-state index in [1.165, 1.54) is 4.90 Å². The molecule has 0 unspecified atom stereocenters. The highest BCUT2D eigenvalue weighted by molar-refractivity contribution is 6.06. The molecule has 0 aromatic rings. The van der Waals surface area contributed by atoms with E-state index < -0.39 is 5.54 Å². The van der Waals surface area contributed by atoms with Crippen molar-refractivity contribution >= 4 is 11.9 Å². The summed E-state index contributed by atoms with van der Waals surface area (Å²) in [7, 11) is 0. The van der Waals surface area contributed by atoms with Gasteiger partial charge in [-0.25, -0.2) is 4.79 Å². The molecule has 1 saturated heterocycles.